The molecule has 126 valence electrons. The number of aryl methyl sites for hydroxylation is 3. The van der Waals surface area contributed by atoms with Crippen molar-refractivity contribution in [3.05, 3.63) is 54.2 Å². The van der Waals surface area contributed by atoms with Gasteiger partial charge < -0.3 is 4.57 Å². The first-order valence-electron chi connectivity index (χ1n) is 9.07. The lowest BCUT2D eigenvalue weighted by atomic mass is 10.1. The molecule has 1 aromatic rings. The molecule has 0 fully saturated rings. The molecule has 3 rings (SSSR count). The Kier molecular flexibility index (Phi) is 5.94. The predicted molar refractivity (Wildman–Crippen MR) is 97.0 cm³/mol. The Hall–Kier alpha value is -2.23. The van der Waals surface area contributed by atoms with Crippen LogP contribution in [-0.4, -0.2) is 19.5 Å². The average Bonchev–Trinajstić information content (AvgIpc) is 3.07. The van der Waals surface area contributed by atoms with E-state index in [-0.39, 0.29) is 0 Å². The van der Waals surface area contributed by atoms with Crippen molar-refractivity contribution in [1.82, 2.24) is 19.5 Å². The number of hydrogen-bond acceptors (Lipinski definition) is 3. The van der Waals surface area contributed by atoms with E-state index in [9.17, 15) is 0 Å². The summed E-state index contributed by atoms with van der Waals surface area (Å²) in [4.78, 5) is 13.2. The van der Waals surface area contributed by atoms with Crippen LogP contribution in [0.25, 0.3) is 11.5 Å². The number of rotatable bonds is 9. The lowest BCUT2D eigenvalue weighted by Crippen LogP contribution is -2.11. The van der Waals surface area contributed by atoms with Gasteiger partial charge in [-0.3, -0.25) is 0 Å². The maximum Gasteiger partial charge on any atom is 0.182 e. The fourth-order valence-electron chi connectivity index (χ4n) is 3.02. The third-order valence-corrected chi connectivity index (χ3v) is 4.41. The molecular formula is C20H26N4. The number of benzene rings is 1. The summed E-state index contributed by atoms with van der Waals surface area (Å²) in [6, 6.07) is 10.7. The van der Waals surface area contributed by atoms with Gasteiger partial charge in [-0.25, -0.2) is 15.0 Å². The van der Waals surface area contributed by atoms with Crippen molar-refractivity contribution in [1.29, 1.82) is 0 Å². The standard InChI is InChI=1S/C20H26N4/c1-2-3-13-19-23-20-18(21-16-22-20)15-24(19)14-9-5-8-12-17-10-6-4-7-11-17/h4,6-7,10-11,15-16H,2-3,5,8-9,12-14H2,1H3. The third kappa shape index (κ3) is 4.40. The van der Waals surface area contributed by atoms with Gasteiger partial charge >= 0.3 is 0 Å². The quantitative estimate of drug-likeness (QED) is 0.543. The van der Waals surface area contributed by atoms with Gasteiger partial charge in [0.25, 0.3) is 0 Å². The van der Waals surface area contributed by atoms with E-state index in [2.05, 4.69) is 58.0 Å². The molecule has 0 atom stereocenters. The lowest BCUT2D eigenvalue weighted by Gasteiger charge is -2.14. The summed E-state index contributed by atoms with van der Waals surface area (Å²) >= 11 is 0. The van der Waals surface area contributed by atoms with Crippen LogP contribution in [0.5, 0.6) is 0 Å². The van der Waals surface area contributed by atoms with E-state index < -0.39 is 0 Å². The molecule has 1 aromatic carbocycles. The molecule has 0 bridgehead atoms. The van der Waals surface area contributed by atoms with Gasteiger partial charge in [0.2, 0.25) is 0 Å². The summed E-state index contributed by atoms with van der Waals surface area (Å²) in [5.41, 5.74) is 2.34. The number of hydrogen-bond donors (Lipinski definition) is 0. The highest BCUT2D eigenvalue weighted by molar-refractivity contribution is 5.48. The van der Waals surface area contributed by atoms with Crippen LogP contribution >= 0.6 is 0 Å². The first-order valence-corrected chi connectivity index (χ1v) is 9.07. The van der Waals surface area contributed by atoms with Gasteiger partial charge in [0.05, 0.1) is 0 Å². The van der Waals surface area contributed by atoms with Crippen molar-refractivity contribution >= 4 is 0 Å². The maximum atomic E-state index is 4.71. The van der Waals surface area contributed by atoms with Gasteiger partial charge in [0.1, 0.15) is 17.8 Å². The summed E-state index contributed by atoms with van der Waals surface area (Å²) in [6.45, 7) is 3.23. The number of aromatic nitrogens is 4. The molecule has 0 aliphatic carbocycles. The van der Waals surface area contributed by atoms with E-state index >= 15 is 0 Å². The molecule has 0 saturated heterocycles. The zero-order valence-electron chi connectivity index (χ0n) is 14.5. The largest absolute Gasteiger partial charge is 0.334 e. The second-order valence-corrected chi connectivity index (χ2v) is 6.33. The van der Waals surface area contributed by atoms with Crippen LogP contribution in [0.4, 0.5) is 0 Å². The number of imidazole rings is 1. The van der Waals surface area contributed by atoms with Crippen LogP contribution in [0.15, 0.2) is 42.9 Å². The van der Waals surface area contributed by atoms with E-state index in [4.69, 9.17) is 4.98 Å². The maximum absolute atomic E-state index is 4.71. The zero-order chi connectivity index (χ0) is 16.6. The summed E-state index contributed by atoms with van der Waals surface area (Å²) < 4.78 is 2.29. The van der Waals surface area contributed by atoms with Crippen molar-refractivity contribution in [2.24, 2.45) is 0 Å². The highest BCUT2D eigenvalue weighted by Gasteiger charge is 2.12. The topological polar surface area (TPSA) is 43.6 Å². The first kappa shape index (κ1) is 16.6. The van der Waals surface area contributed by atoms with Gasteiger partial charge in [-0.1, -0.05) is 50.1 Å². The molecule has 0 spiro atoms. The minimum Gasteiger partial charge on any atom is -0.334 e. The Morgan fingerprint density at radius 1 is 0.917 bits per heavy atom. The molecule has 24 heavy (non-hydrogen) atoms. The Morgan fingerprint density at radius 2 is 1.79 bits per heavy atom. The SMILES string of the molecule is CCCCc1nc2ncnc-2cn1CCCCCc1ccccc1. The van der Waals surface area contributed by atoms with Crippen LogP contribution in [0.2, 0.25) is 0 Å². The van der Waals surface area contributed by atoms with Gasteiger partial charge in [0, 0.05) is 19.2 Å². The van der Waals surface area contributed by atoms with Crippen LogP contribution in [0, 0.1) is 0 Å². The molecule has 0 N–H and O–H groups in total. The highest BCUT2D eigenvalue weighted by Crippen LogP contribution is 2.17. The molecule has 2 heterocycles. The Labute approximate surface area is 144 Å². The fourth-order valence-corrected chi connectivity index (χ4v) is 3.02. The lowest BCUT2D eigenvalue weighted by molar-refractivity contribution is 0.549. The van der Waals surface area contributed by atoms with E-state index in [1.165, 1.54) is 44.1 Å². The second-order valence-electron chi connectivity index (χ2n) is 6.33. The van der Waals surface area contributed by atoms with E-state index in [0.717, 1.165) is 30.3 Å². The van der Waals surface area contributed by atoms with Gasteiger partial charge in [-0.05, 0) is 31.2 Å². The van der Waals surface area contributed by atoms with Crippen molar-refractivity contribution < 1.29 is 0 Å². The normalized spacial score (nSPS) is 11.2. The van der Waals surface area contributed by atoms with Crippen molar-refractivity contribution in [3.63, 3.8) is 0 Å². The Morgan fingerprint density at radius 3 is 2.62 bits per heavy atom. The predicted octanol–water partition coefficient (Wildman–Crippen LogP) is 4.53. The summed E-state index contributed by atoms with van der Waals surface area (Å²) in [5.74, 6) is 1.93. The van der Waals surface area contributed by atoms with Crippen molar-refractivity contribution in [3.8, 4) is 11.5 Å². The molecule has 0 aromatic heterocycles. The average molecular weight is 322 g/mol. The summed E-state index contributed by atoms with van der Waals surface area (Å²) in [7, 11) is 0. The Bertz CT molecular complexity index is 705. The van der Waals surface area contributed by atoms with Crippen LogP contribution in [0.3, 0.4) is 0 Å². The monoisotopic (exact) mass is 322 g/mol. The summed E-state index contributed by atoms with van der Waals surface area (Å²) in [6.07, 6.45) is 11.9. The van der Waals surface area contributed by atoms with Gasteiger partial charge in [0.15, 0.2) is 5.82 Å². The molecular weight excluding hydrogens is 296 g/mol. The molecule has 0 unspecified atom stereocenters. The molecule has 0 radical (unpaired) electrons. The van der Waals surface area contributed by atoms with Crippen molar-refractivity contribution in [2.75, 3.05) is 0 Å². The van der Waals surface area contributed by atoms with Crippen LogP contribution in [-0.2, 0) is 19.4 Å². The smallest absolute Gasteiger partial charge is 0.182 e. The van der Waals surface area contributed by atoms with Gasteiger partial charge in [-0.2, -0.15) is 0 Å². The Balaban J connectivity index is 1.54. The minimum absolute atomic E-state index is 0.779. The molecule has 2 aliphatic heterocycles. The molecule has 0 amide bonds. The minimum atomic E-state index is 0.779. The number of unbranched alkanes of at least 4 members (excludes halogenated alkanes) is 3. The second kappa shape index (κ2) is 8.57. The first-order chi connectivity index (χ1) is 11.9. The molecule has 4 heteroatoms. The van der Waals surface area contributed by atoms with Crippen molar-refractivity contribution in [2.45, 2.75) is 58.4 Å². The van der Waals surface area contributed by atoms with E-state index in [1.54, 1.807) is 6.33 Å². The molecule has 4 nitrogen and oxygen atoms in total. The summed E-state index contributed by atoms with van der Waals surface area (Å²) in [5, 5.41) is 0. The third-order valence-electron chi connectivity index (χ3n) is 4.41. The number of nitrogens with zero attached hydrogens (tertiary/aromatic N) is 4. The molecule has 0 saturated carbocycles. The van der Waals surface area contributed by atoms with Gasteiger partial charge in [-0.15, -0.1) is 0 Å². The zero-order valence-corrected chi connectivity index (χ0v) is 14.5. The highest BCUT2D eigenvalue weighted by atomic mass is 15.1. The molecule has 2 aliphatic rings. The number of fused-ring (bicyclic) bond motifs is 1. The van der Waals surface area contributed by atoms with E-state index in [0.29, 0.717) is 0 Å². The van der Waals surface area contributed by atoms with Crippen LogP contribution < -0.4 is 0 Å². The fraction of sp³-hybridized carbons (Fsp3) is 0.450. The van der Waals surface area contributed by atoms with Crippen LogP contribution in [0.1, 0.15) is 50.4 Å². The van der Waals surface area contributed by atoms with E-state index in [1.807, 2.05) is 0 Å².